The van der Waals surface area contributed by atoms with Gasteiger partial charge in [-0.25, -0.2) is 0 Å². The smallest absolute Gasteiger partial charge is 0.279 e. The first-order valence-corrected chi connectivity index (χ1v) is 7.22. The fourth-order valence-corrected chi connectivity index (χ4v) is 3.38. The van der Waals surface area contributed by atoms with E-state index < -0.39 is 10.2 Å². The van der Waals surface area contributed by atoms with E-state index in [4.69, 9.17) is 4.74 Å². The molecule has 0 radical (unpaired) electrons. The zero-order chi connectivity index (χ0) is 12.3. The van der Waals surface area contributed by atoms with E-state index in [9.17, 15) is 8.42 Å². The molecule has 96 valence electrons. The summed E-state index contributed by atoms with van der Waals surface area (Å²) in [4.78, 5) is 0. The minimum Gasteiger partial charge on any atom is -0.373 e. The molecule has 0 unspecified atom stereocenters. The van der Waals surface area contributed by atoms with Crippen LogP contribution >= 0.6 is 0 Å². The highest BCUT2D eigenvalue weighted by Crippen LogP contribution is 2.13. The van der Waals surface area contributed by atoms with Crippen LogP contribution in [0.5, 0.6) is 0 Å². The van der Waals surface area contributed by atoms with Gasteiger partial charge in [-0.15, -0.1) is 0 Å². The van der Waals surface area contributed by atoms with Crippen LogP contribution in [0, 0.1) is 0 Å². The Kier molecular flexibility index (Phi) is 4.73. The van der Waals surface area contributed by atoms with Crippen LogP contribution in [0.25, 0.3) is 0 Å². The van der Waals surface area contributed by atoms with Crippen molar-refractivity contribution in [2.24, 2.45) is 0 Å². The molecule has 0 amide bonds. The van der Waals surface area contributed by atoms with Gasteiger partial charge in [-0.3, -0.25) is 0 Å². The van der Waals surface area contributed by atoms with Gasteiger partial charge in [0.2, 0.25) is 0 Å². The van der Waals surface area contributed by atoms with Crippen molar-refractivity contribution in [3.63, 3.8) is 0 Å². The number of morpholine rings is 1. The summed E-state index contributed by atoms with van der Waals surface area (Å²) in [6, 6.07) is -0.0292. The van der Waals surface area contributed by atoms with Crippen molar-refractivity contribution in [2.75, 3.05) is 13.1 Å². The topological polar surface area (TPSA) is 58.6 Å². The highest BCUT2D eigenvalue weighted by atomic mass is 32.2. The van der Waals surface area contributed by atoms with Crippen LogP contribution in [-0.2, 0) is 14.9 Å². The van der Waals surface area contributed by atoms with Gasteiger partial charge in [-0.2, -0.15) is 17.4 Å². The summed E-state index contributed by atoms with van der Waals surface area (Å²) in [6.45, 7) is 8.46. The zero-order valence-electron chi connectivity index (χ0n) is 10.4. The fraction of sp³-hybridized carbons (Fsp3) is 1.00. The van der Waals surface area contributed by atoms with Crippen LogP contribution in [0.2, 0.25) is 0 Å². The standard InChI is InChI=1S/C10H22N2O3S/c1-5-8(2)11-16(13,14)12-6-9(3)15-10(4)7-12/h8-11H,5-7H2,1-4H3/t8-,9-,10+/m1/s1. The van der Waals surface area contributed by atoms with Crippen LogP contribution in [0.3, 0.4) is 0 Å². The molecule has 0 aromatic rings. The van der Waals surface area contributed by atoms with Crippen LogP contribution in [0.1, 0.15) is 34.1 Å². The Hall–Kier alpha value is -0.170. The minimum atomic E-state index is -3.36. The van der Waals surface area contributed by atoms with E-state index in [2.05, 4.69) is 4.72 Å². The van der Waals surface area contributed by atoms with Gasteiger partial charge in [0.1, 0.15) is 0 Å². The van der Waals surface area contributed by atoms with Gasteiger partial charge < -0.3 is 4.74 Å². The molecule has 1 saturated heterocycles. The summed E-state index contributed by atoms with van der Waals surface area (Å²) in [6.07, 6.45) is 0.698. The fourth-order valence-electron chi connectivity index (χ4n) is 1.74. The average molecular weight is 250 g/mol. The van der Waals surface area contributed by atoms with Gasteiger partial charge in [0.05, 0.1) is 12.2 Å². The Labute approximate surface area is 98.3 Å². The molecule has 16 heavy (non-hydrogen) atoms. The third kappa shape index (κ3) is 3.69. The summed E-state index contributed by atoms with van der Waals surface area (Å²) in [7, 11) is -3.36. The van der Waals surface area contributed by atoms with E-state index in [0.717, 1.165) is 6.42 Å². The van der Waals surface area contributed by atoms with E-state index >= 15 is 0 Å². The molecule has 0 bridgehead atoms. The first-order chi connectivity index (χ1) is 7.35. The van der Waals surface area contributed by atoms with Gasteiger partial charge in [0, 0.05) is 19.1 Å². The van der Waals surface area contributed by atoms with Crippen LogP contribution in [-0.4, -0.2) is 44.1 Å². The largest absolute Gasteiger partial charge is 0.373 e. The highest BCUT2D eigenvalue weighted by molar-refractivity contribution is 7.87. The van der Waals surface area contributed by atoms with Crippen molar-refractivity contribution >= 4 is 10.2 Å². The number of ether oxygens (including phenoxy) is 1. The van der Waals surface area contributed by atoms with Crippen molar-refractivity contribution in [2.45, 2.75) is 52.4 Å². The Bertz CT molecular complexity index is 308. The molecule has 0 aliphatic carbocycles. The lowest BCUT2D eigenvalue weighted by Crippen LogP contribution is -2.53. The molecule has 0 spiro atoms. The van der Waals surface area contributed by atoms with E-state index in [1.54, 1.807) is 0 Å². The molecule has 1 aliphatic rings. The lowest BCUT2D eigenvalue weighted by Gasteiger charge is -2.34. The minimum absolute atomic E-state index is 0.0292. The van der Waals surface area contributed by atoms with E-state index in [1.165, 1.54) is 4.31 Å². The molecule has 5 nitrogen and oxygen atoms in total. The number of hydrogen-bond donors (Lipinski definition) is 1. The van der Waals surface area contributed by atoms with Crippen LogP contribution in [0.4, 0.5) is 0 Å². The maximum Gasteiger partial charge on any atom is 0.279 e. The third-order valence-corrected chi connectivity index (χ3v) is 4.37. The summed E-state index contributed by atoms with van der Waals surface area (Å²) < 4.78 is 33.6. The third-order valence-electron chi connectivity index (χ3n) is 2.69. The van der Waals surface area contributed by atoms with Gasteiger partial charge in [-0.05, 0) is 27.2 Å². The quantitative estimate of drug-likeness (QED) is 0.800. The van der Waals surface area contributed by atoms with Crippen molar-refractivity contribution in [3.8, 4) is 0 Å². The molecule has 1 N–H and O–H groups in total. The normalized spacial score (nSPS) is 30.2. The van der Waals surface area contributed by atoms with Crippen molar-refractivity contribution < 1.29 is 13.2 Å². The van der Waals surface area contributed by atoms with Crippen LogP contribution < -0.4 is 4.72 Å². The van der Waals surface area contributed by atoms with E-state index in [1.807, 2.05) is 27.7 Å². The van der Waals surface area contributed by atoms with Crippen molar-refractivity contribution in [3.05, 3.63) is 0 Å². The molecule has 1 aliphatic heterocycles. The SMILES string of the molecule is CC[C@@H](C)NS(=O)(=O)N1C[C@@H](C)O[C@@H](C)C1. The highest BCUT2D eigenvalue weighted by Gasteiger charge is 2.31. The Morgan fingerprint density at radius 2 is 1.88 bits per heavy atom. The number of nitrogens with one attached hydrogen (secondary N) is 1. The molecule has 6 heteroatoms. The molecular weight excluding hydrogens is 228 g/mol. The Morgan fingerprint density at radius 1 is 1.38 bits per heavy atom. The number of rotatable bonds is 4. The lowest BCUT2D eigenvalue weighted by atomic mass is 10.3. The maximum absolute atomic E-state index is 12.0. The molecule has 0 saturated carbocycles. The molecule has 3 atom stereocenters. The number of hydrogen-bond acceptors (Lipinski definition) is 3. The van der Waals surface area contributed by atoms with Crippen molar-refractivity contribution in [1.29, 1.82) is 0 Å². The molecule has 1 heterocycles. The predicted molar refractivity (Wildman–Crippen MR) is 63.4 cm³/mol. The van der Waals surface area contributed by atoms with E-state index in [0.29, 0.717) is 13.1 Å². The summed E-state index contributed by atoms with van der Waals surface area (Å²) >= 11 is 0. The molecule has 1 fully saturated rings. The lowest BCUT2D eigenvalue weighted by molar-refractivity contribution is -0.0444. The first kappa shape index (κ1) is 13.9. The monoisotopic (exact) mass is 250 g/mol. The second-order valence-electron chi connectivity index (χ2n) is 4.51. The van der Waals surface area contributed by atoms with Crippen LogP contribution in [0.15, 0.2) is 0 Å². The van der Waals surface area contributed by atoms with Gasteiger partial charge >= 0.3 is 0 Å². The maximum atomic E-state index is 12.0. The predicted octanol–water partition coefficient (Wildman–Crippen LogP) is 0.728. The summed E-state index contributed by atoms with van der Waals surface area (Å²) in [5.41, 5.74) is 0. The van der Waals surface area contributed by atoms with Gasteiger partial charge in [0.15, 0.2) is 0 Å². The van der Waals surface area contributed by atoms with Gasteiger partial charge in [0.25, 0.3) is 10.2 Å². The molecule has 1 rings (SSSR count). The second-order valence-corrected chi connectivity index (χ2v) is 6.21. The van der Waals surface area contributed by atoms with E-state index in [-0.39, 0.29) is 18.2 Å². The second kappa shape index (κ2) is 5.44. The molecule has 0 aromatic heterocycles. The molecular formula is C10H22N2O3S. The Morgan fingerprint density at radius 3 is 2.31 bits per heavy atom. The summed E-state index contributed by atoms with van der Waals surface area (Å²) in [5.74, 6) is 0. The average Bonchev–Trinajstić information content (AvgIpc) is 2.15. The van der Waals surface area contributed by atoms with Crippen molar-refractivity contribution in [1.82, 2.24) is 9.03 Å². The number of nitrogens with zero attached hydrogens (tertiary/aromatic N) is 1. The zero-order valence-corrected chi connectivity index (χ0v) is 11.3. The molecule has 0 aromatic carbocycles. The first-order valence-electron chi connectivity index (χ1n) is 5.78. The Balaban J connectivity index is 2.67. The van der Waals surface area contributed by atoms with Gasteiger partial charge in [-0.1, -0.05) is 6.92 Å². The summed E-state index contributed by atoms with van der Waals surface area (Å²) in [5, 5.41) is 0.